The predicted molar refractivity (Wildman–Crippen MR) is 158 cm³/mol. The van der Waals surface area contributed by atoms with Gasteiger partial charge in [0.25, 0.3) is 5.91 Å². The van der Waals surface area contributed by atoms with E-state index in [9.17, 15) is 14.9 Å². The van der Waals surface area contributed by atoms with Crippen molar-refractivity contribution < 1.29 is 9.59 Å². The Bertz CT molecular complexity index is 1560. The molecule has 0 unspecified atom stereocenters. The molecule has 2 N–H and O–H groups in total. The summed E-state index contributed by atoms with van der Waals surface area (Å²) in [6, 6.07) is 24.3. The molecule has 0 aliphatic heterocycles. The molecule has 8 heteroatoms. The van der Waals surface area contributed by atoms with E-state index in [-0.39, 0.29) is 23.1 Å². The van der Waals surface area contributed by atoms with E-state index in [0.29, 0.717) is 43.8 Å². The van der Waals surface area contributed by atoms with Crippen molar-refractivity contribution in [3.05, 3.63) is 106 Å². The maximum Gasteiger partial charge on any atom is 0.258 e. The summed E-state index contributed by atoms with van der Waals surface area (Å²) in [6.45, 7) is 5.71. The van der Waals surface area contributed by atoms with Gasteiger partial charge in [0.05, 0.1) is 22.6 Å². The average Bonchev–Trinajstić information content (AvgIpc) is 2.93. The first-order valence-electron chi connectivity index (χ1n) is 12.4. The van der Waals surface area contributed by atoms with Gasteiger partial charge in [0.2, 0.25) is 5.91 Å². The molecule has 0 fully saturated rings. The molecule has 0 saturated heterocycles. The van der Waals surface area contributed by atoms with Gasteiger partial charge in [-0.15, -0.1) is 0 Å². The number of amides is 2. The number of aryl methyl sites for hydroxylation is 3. The van der Waals surface area contributed by atoms with Crippen molar-refractivity contribution in [3.63, 3.8) is 0 Å². The number of carbonyl (C=O) groups excluding carboxylic acids is 2. The van der Waals surface area contributed by atoms with E-state index < -0.39 is 0 Å². The number of rotatable bonds is 8. The number of benzene rings is 3. The highest BCUT2D eigenvalue weighted by molar-refractivity contribution is 8.00. The summed E-state index contributed by atoms with van der Waals surface area (Å²) in [5.41, 5.74) is 5.53. The second-order valence-corrected chi connectivity index (χ2v) is 10.3. The van der Waals surface area contributed by atoms with Crippen LogP contribution in [-0.2, 0) is 11.2 Å². The van der Waals surface area contributed by atoms with Gasteiger partial charge in [-0.1, -0.05) is 72.8 Å². The van der Waals surface area contributed by atoms with Gasteiger partial charge in [-0.25, -0.2) is 4.98 Å². The van der Waals surface area contributed by atoms with E-state index in [1.807, 2.05) is 55.5 Å². The molecule has 196 valence electrons. The highest BCUT2D eigenvalue weighted by Crippen LogP contribution is 2.36. The normalized spacial score (nSPS) is 10.5. The molecule has 0 saturated carbocycles. The minimum Gasteiger partial charge on any atom is -0.325 e. The molecular weight excluding hydrogens is 528 g/mol. The Morgan fingerprint density at radius 1 is 0.974 bits per heavy atom. The lowest BCUT2D eigenvalue weighted by molar-refractivity contribution is -0.113. The van der Waals surface area contributed by atoms with Crippen LogP contribution in [0.5, 0.6) is 0 Å². The first kappa shape index (κ1) is 27.9. The third kappa shape index (κ3) is 6.66. The predicted octanol–water partition coefficient (Wildman–Crippen LogP) is 7.44. The molecule has 0 bridgehead atoms. The second kappa shape index (κ2) is 12.6. The van der Waals surface area contributed by atoms with E-state index in [1.54, 1.807) is 31.2 Å². The Kier molecular flexibility index (Phi) is 9.03. The lowest BCUT2D eigenvalue weighted by atomic mass is 9.94. The Labute approximate surface area is 237 Å². The molecule has 0 radical (unpaired) electrons. The molecule has 3 aromatic carbocycles. The van der Waals surface area contributed by atoms with Crippen LogP contribution >= 0.6 is 23.4 Å². The van der Waals surface area contributed by atoms with Crippen molar-refractivity contribution in [2.45, 2.75) is 32.2 Å². The van der Waals surface area contributed by atoms with Crippen molar-refractivity contribution in [1.82, 2.24) is 4.98 Å². The Morgan fingerprint density at radius 3 is 2.31 bits per heavy atom. The zero-order valence-corrected chi connectivity index (χ0v) is 23.4. The van der Waals surface area contributed by atoms with Gasteiger partial charge in [-0.05, 0) is 67.3 Å². The molecule has 6 nitrogen and oxygen atoms in total. The fourth-order valence-corrected chi connectivity index (χ4v) is 5.08. The number of hydrogen-bond donors (Lipinski definition) is 2. The lowest BCUT2D eigenvalue weighted by Gasteiger charge is -2.17. The zero-order valence-electron chi connectivity index (χ0n) is 21.8. The lowest BCUT2D eigenvalue weighted by Crippen LogP contribution is -2.18. The summed E-state index contributed by atoms with van der Waals surface area (Å²) in [5.74, 6) is -0.548. The smallest absolute Gasteiger partial charge is 0.258 e. The molecule has 0 aliphatic rings. The third-order valence-electron chi connectivity index (χ3n) is 6.20. The summed E-state index contributed by atoms with van der Waals surface area (Å²) >= 11 is 7.28. The van der Waals surface area contributed by atoms with Gasteiger partial charge < -0.3 is 10.6 Å². The van der Waals surface area contributed by atoms with E-state index in [1.165, 1.54) is 5.56 Å². The molecular formula is C31H27ClN4O2S. The second-order valence-electron chi connectivity index (χ2n) is 8.90. The SMILES string of the molecule is CCc1ccc(NC(=O)CSc2nc(C)c(C(=O)Nc3ccccc3C)c(-c3ccc(Cl)cc3)c2C#N)cc1. The monoisotopic (exact) mass is 554 g/mol. The highest BCUT2D eigenvalue weighted by Gasteiger charge is 2.25. The largest absolute Gasteiger partial charge is 0.325 e. The maximum absolute atomic E-state index is 13.6. The van der Waals surface area contributed by atoms with Crippen LogP contribution in [0.25, 0.3) is 11.1 Å². The number of anilines is 2. The van der Waals surface area contributed by atoms with E-state index in [4.69, 9.17) is 11.6 Å². The fraction of sp³-hybridized carbons (Fsp3) is 0.161. The number of pyridine rings is 1. The van der Waals surface area contributed by atoms with Crippen molar-refractivity contribution in [2.75, 3.05) is 16.4 Å². The van der Waals surface area contributed by atoms with Crippen molar-refractivity contribution >= 4 is 46.6 Å². The number of nitrogens with zero attached hydrogens (tertiary/aromatic N) is 2. The summed E-state index contributed by atoms with van der Waals surface area (Å²) in [5, 5.41) is 17.0. The van der Waals surface area contributed by atoms with Crippen LogP contribution in [-0.4, -0.2) is 22.6 Å². The minimum atomic E-state index is -0.374. The molecule has 4 rings (SSSR count). The van der Waals surface area contributed by atoms with E-state index in [0.717, 1.165) is 23.7 Å². The van der Waals surface area contributed by atoms with Gasteiger partial charge >= 0.3 is 0 Å². The number of thioether (sulfide) groups is 1. The summed E-state index contributed by atoms with van der Waals surface area (Å²) in [4.78, 5) is 30.9. The zero-order chi connectivity index (χ0) is 27.9. The molecule has 2 amide bonds. The molecule has 4 aromatic rings. The molecule has 0 spiro atoms. The molecule has 0 aliphatic carbocycles. The summed E-state index contributed by atoms with van der Waals surface area (Å²) < 4.78 is 0. The number of halogens is 1. The van der Waals surface area contributed by atoms with Crippen LogP contribution in [0.2, 0.25) is 5.02 Å². The van der Waals surface area contributed by atoms with Gasteiger partial charge in [0.1, 0.15) is 11.1 Å². The number of nitrogens with one attached hydrogen (secondary N) is 2. The van der Waals surface area contributed by atoms with Crippen LogP contribution in [0.15, 0.2) is 77.8 Å². The highest BCUT2D eigenvalue weighted by atomic mass is 35.5. The summed E-state index contributed by atoms with van der Waals surface area (Å²) in [7, 11) is 0. The van der Waals surface area contributed by atoms with Gasteiger partial charge in [0.15, 0.2) is 0 Å². The van der Waals surface area contributed by atoms with Crippen LogP contribution in [0.4, 0.5) is 11.4 Å². The Balaban J connectivity index is 1.68. The van der Waals surface area contributed by atoms with Crippen LogP contribution in [0.3, 0.4) is 0 Å². The standard InChI is InChI=1S/C31H27ClN4O2S/c1-4-21-9-15-24(16-10-21)35-27(37)18-39-31-25(17-33)29(22-11-13-23(32)14-12-22)28(20(3)34-31)30(38)36-26-8-6-5-7-19(26)2/h5-16H,4,18H2,1-3H3,(H,35,37)(H,36,38). The summed E-state index contributed by atoms with van der Waals surface area (Å²) in [6.07, 6.45) is 0.918. The molecule has 1 aromatic heterocycles. The minimum absolute atomic E-state index is 0.0471. The van der Waals surface area contributed by atoms with Gasteiger partial charge in [-0.3, -0.25) is 9.59 Å². The number of aromatic nitrogens is 1. The number of nitriles is 1. The van der Waals surface area contributed by atoms with Gasteiger partial charge in [-0.2, -0.15) is 5.26 Å². The van der Waals surface area contributed by atoms with Crippen molar-refractivity contribution in [2.24, 2.45) is 0 Å². The maximum atomic E-state index is 13.6. The number of para-hydroxylation sites is 1. The van der Waals surface area contributed by atoms with Crippen LogP contribution < -0.4 is 10.6 Å². The van der Waals surface area contributed by atoms with Crippen LogP contribution in [0, 0.1) is 25.2 Å². The topological polar surface area (TPSA) is 94.9 Å². The molecule has 39 heavy (non-hydrogen) atoms. The van der Waals surface area contributed by atoms with E-state index in [2.05, 4.69) is 28.6 Å². The van der Waals surface area contributed by atoms with E-state index >= 15 is 0 Å². The number of hydrogen-bond acceptors (Lipinski definition) is 5. The molecule has 0 atom stereocenters. The first-order chi connectivity index (χ1) is 18.8. The van der Waals surface area contributed by atoms with Crippen molar-refractivity contribution in [3.8, 4) is 17.2 Å². The average molecular weight is 555 g/mol. The first-order valence-corrected chi connectivity index (χ1v) is 13.8. The number of carbonyl (C=O) groups is 2. The third-order valence-corrected chi connectivity index (χ3v) is 7.42. The fourth-order valence-electron chi connectivity index (χ4n) is 4.12. The van der Waals surface area contributed by atoms with Gasteiger partial charge in [0, 0.05) is 22.0 Å². The van der Waals surface area contributed by atoms with Crippen LogP contribution in [0.1, 0.15) is 39.7 Å². The Morgan fingerprint density at radius 2 is 1.67 bits per heavy atom. The molecule has 1 heterocycles. The Hall–Kier alpha value is -4.12. The quantitative estimate of drug-likeness (QED) is 0.221. The van der Waals surface area contributed by atoms with Crippen molar-refractivity contribution in [1.29, 1.82) is 5.26 Å².